The van der Waals surface area contributed by atoms with E-state index in [-0.39, 0.29) is 11.6 Å². The number of non-ortho nitro benzene ring substituents is 1. The summed E-state index contributed by atoms with van der Waals surface area (Å²) in [7, 11) is 1.47. The minimum atomic E-state index is -0.491. The van der Waals surface area contributed by atoms with Crippen LogP contribution in [-0.4, -0.2) is 22.3 Å². The van der Waals surface area contributed by atoms with Gasteiger partial charge in [0, 0.05) is 17.7 Å². The van der Waals surface area contributed by atoms with Crippen LogP contribution in [0.25, 0.3) is 6.08 Å². The van der Waals surface area contributed by atoms with Crippen LogP contribution in [0, 0.1) is 17.0 Å². The van der Waals surface area contributed by atoms with E-state index in [9.17, 15) is 14.9 Å². The van der Waals surface area contributed by atoms with Crippen LogP contribution in [-0.2, 0) is 4.79 Å². The molecule has 1 aliphatic heterocycles. The molecule has 1 aliphatic rings. The molecule has 0 unspecified atom stereocenters. The molecule has 1 saturated heterocycles. The fraction of sp³-hybridized carbons (Fsp3) is 0.111. The summed E-state index contributed by atoms with van der Waals surface area (Å²) in [5.41, 5.74) is 2.03. The first-order chi connectivity index (χ1) is 12.4. The number of carbonyl (C=O) groups is 1. The molecule has 2 aromatic rings. The summed E-state index contributed by atoms with van der Waals surface area (Å²) in [5.74, 6) is 0.180. The van der Waals surface area contributed by atoms with Crippen molar-refractivity contribution in [1.82, 2.24) is 0 Å². The molecule has 8 heteroatoms. The van der Waals surface area contributed by atoms with Gasteiger partial charge in [0.2, 0.25) is 0 Å². The van der Waals surface area contributed by atoms with E-state index in [1.807, 2.05) is 31.2 Å². The van der Waals surface area contributed by atoms with Gasteiger partial charge in [-0.05, 0) is 30.7 Å². The van der Waals surface area contributed by atoms with E-state index in [1.165, 1.54) is 30.2 Å². The van der Waals surface area contributed by atoms with Gasteiger partial charge in [0.25, 0.3) is 11.6 Å². The van der Waals surface area contributed by atoms with E-state index < -0.39 is 4.92 Å². The number of hydrogen-bond donors (Lipinski definition) is 0. The molecule has 3 rings (SSSR count). The van der Waals surface area contributed by atoms with Gasteiger partial charge in [-0.15, -0.1) is 0 Å². The number of benzene rings is 2. The van der Waals surface area contributed by atoms with E-state index in [0.29, 0.717) is 20.5 Å². The number of nitro benzene ring substituents is 1. The first-order valence-corrected chi connectivity index (χ1v) is 8.81. The molecular weight excluding hydrogens is 372 g/mol. The summed E-state index contributed by atoms with van der Waals surface area (Å²) in [4.78, 5) is 25.3. The number of aryl methyl sites for hydroxylation is 1. The van der Waals surface area contributed by atoms with Gasteiger partial charge >= 0.3 is 0 Å². The highest BCUT2D eigenvalue weighted by molar-refractivity contribution is 8.27. The second-order valence-electron chi connectivity index (χ2n) is 5.49. The standard InChI is InChI=1S/C18H14N2O4S2/c1-11-5-3-4-6-14(11)19-17(21)16(26-18(19)25)10-12-9-13(20(22)23)7-8-15(12)24-2/h3-10H,1-2H3/b16-10+. The van der Waals surface area contributed by atoms with Gasteiger partial charge in [-0.1, -0.05) is 42.2 Å². The van der Waals surface area contributed by atoms with Crippen molar-refractivity contribution in [1.29, 1.82) is 0 Å². The van der Waals surface area contributed by atoms with E-state index >= 15 is 0 Å². The number of methoxy groups -OCH3 is 1. The minimum Gasteiger partial charge on any atom is -0.496 e. The van der Waals surface area contributed by atoms with Gasteiger partial charge in [0.1, 0.15) is 5.75 Å². The van der Waals surface area contributed by atoms with Crippen molar-refractivity contribution in [2.24, 2.45) is 0 Å². The van der Waals surface area contributed by atoms with Gasteiger partial charge in [-0.25, -0.2) is 0 Å². The Kier molecular flexibility index (Phi) is 5.06. The van der Waals surface area contributed by atoms with Crippen molar-refractivity contribution in [3.05, 3.63) is 68.6 Å². The number of amides is 1. The number of carbonyl (C=O) groups excluding carboxylic acids is 1. The van der Waals surface area contributed by atoms with E-state index in [4.69, 9.17) is 17.0 Å². The number of para-hydroxylation sites is 1. The Morgan fingerprint density at radius 3 is 2.65 bits per heavy atom. The number of nitro groups is 1. The third-order valence-corrected chi connectivity index (χ3v) is 5.16. The van der Waals surface area contributed by atoms with Crippen LogP contribution in [0.5, 0.6) is 5.75 Å². The van der Waals surface area contributed by atoms with E-state index in [2.05, 4.69) is 0 Å². The van der Waals surface area contributed by atoms with Crippen LogP contribution >= 0.6 is 24.0 Å². The highest BCUT2D eigenvalue weighted by Gasteiger charge is 2.34. The normalized spacial score (nSPS) is 15.6. The molecule has 6 nitrogen and oxygen atoms in total. The molecule has 0 atom stereocenters. The number of rotatable bonds is 4. The lowest BCUT2D eigenvalue weighted by molar-refractivity contribution is -0.384. The lowest BCUT2D eigenvalue weighted by Gasteiger charge is -2.16. The van der Waals surface area contributed by atoms with Crippen molar-refractivity contribution >= 4 is 51.7 Å². The molecular formula is C18H14N2O4S2. The molecule has 0 saturated carbocycles. The molecule has 0 spiro atoms. The highest BCUT2D eigenvalue weighted by Crippen LogP contribution is 2.38. The Bertz CT molecular complexity index is 956. The number of ether oxygens (including phenoxy) is 1. The largest absolute Gasteiger partial charge is 0.496 e. The fourth-order valence-electron chi connectivity index (χ4n) is 2.58. The number of nitrogens with zero attached hydrogens (tertiary/aromatic N) is 2. The maximum atomic E-state index is 12.9. The van der Waals surface area contributed by atoms with Gasteiger partial charge in [0.05, 0.1) is 22.6 Å². The average molecular weight is 386 g/mol. The topological polar surface area (TPSA) is 72.7 Å². The van der Waals surface area contributed by atoms with Crippen LogP contribution in [0.2, 0.25) is 0 Å². The third kappa shape index (κ3) is 3.33. The number of thiocarbonyl (C=S) groups is 1. The molecule has 132 valence electrons. The second-order valence-corrected chi connectivity index (χ2v) is 7.16. The average Bonchev–Trinajstić information content (AvgIpc) is 2.89. The smallest absolute Gasteiger partial charge is 0.270 e. The predicted molar refractivity (Wildman–Crippen MR) is 106 cm³/mol. The monoisotopic (exact) mass is 386 g/mol. The molecule has 1 fully saturated rings. The SMILES string of the molecule is COc1ccc([N+](=O)[O-])cc1/C=C1/SC(=S)N(c2ccccc2C)C1=O. The maximum absolute atomic E-state index is 12.9. The molecule has 0 N–H and O–H groups in total. The van der Waals surface area contributed by atoms with Crippen LogP contribution < -0.4 is 9.64 Å². The zero-order valence-corrected chi connectivity index (χ0v) is 15.6. The first-order valence-electron chi connectivity index (χ1n) is 7.58. The lowest BCUT2D eigenvalue weighted by atomic mass is 10.1. The van der Waals surface area contributed by atoms with Gasteiger partial charge in [-0.3, -0.25) is 19.8 Å². The zero-order chi connectivity index (χ0) is 18.8. The summed E-state index contributed by atoms with van der Waals surface area (Å²) in [6, 6.07) is 11.7. The summed E-state index contributed by atoms with van der Waals surface area (Å²) < 4.78 is 5.67. The summed E-state index contributed by atoms with van der Waals surface area (Å²) in [6.07, 6.45) is 1.57. The second kappa shape index (κ2) is 7.27. The van der Waals surface area contributed by atoms with Gasteiger partial charge in [0.15, 0.2) is 4.32 Å². The summed E-state index contributed by atoms with van der Waals surface area (Å²) in [6.45, 7) is 1.90. The Balaban J connectivity index is 2.02. The fourth-order valence-corrected chi connectivity index (χ4v) is 3.85. The molecule has 0 bridgehead atoms. The molecule has 26 heavy (non-hydrogen) atoms. The van der Waals surface area contributed by atoms with Crippen molar-refractivity contribution in [3.8, 4) is 5.75 Å². The van der Waals surface area contributed by atoms with Crippen molar-refractivity contribution in [2.45, 2.75) is 6.92 Å². The number of anilines is 1. The van der Waals surface area contributed by atoms with Crippen LogP contribution in [0.3, 0.4) is 0 Å². The third-order valence-electron chi connectivity index (χ3n) is 3.86. The molecule has 0 aromatic heterocycles. The van der Waals surface area contributed by atoms with Crippen molar-refractivity contribution < 1.29 is 14.5 Å². The van der Waals surface area contributed by atoms with Crippen LogP contribution in [0.1, 0.15) is 11.1 Å². The van der Waals surface area contributed by atoms with Crippen LogP contribution in [0.4, 0.5) is 11.4 Å². The first kappa shape index (κ1) is 18.1. The number of hydrogen-bond acceptors (Lipinski definition) is 6. The molecule has 1 heterocycles. The maximum Gasteiger partial charge on any atom is 0.270 e. The van der Waals surface area contributed by atoms with Crippen LogP contribution in [0.15, 0.2) is 47.4 Å². The molecule has 0 radical (unpaired) electrons. The molecule has 2 aromatic carbocycles. The zero-order valence-electron chi connectivity index (χ0n) is 14.0. The number of thioether (sulfide) groups is 1. The summed E-state index contributed by atoms with van der Waals surface area (Å²) in [5, 5.41) is 11.0. The Hall–Kier alpha value is -2.71. The van der Waals surface area contributed by atoms with Gasteiger partial charge in [-0.2, -0.15) is 0 Å². The predicted octanol–water partition coefficient (Wildman–Crippen LogP) is 4.32. The molecule has 0 aliphatic carbocycles. The Labute approximate surface area is 159 Å². The molecule has 1 amide bonds. The minimum absolute atomic E-state index is 0.0774. The van der Waals surface area contributed by atoms with Gasteiger partial charge < -0.3 is 4.74 Å². The Morgan fingerprint density at radius 1 is 1.27 bits per heavy atom. The van der Waals surface area contributed by atoms with Crippen molar-refractivity contribution in [3.63, 3.8) is 0 Å². The van der Waals surface area contributed by atoms with E-state index in [0.717, 1.165) is 23.0 Å². The van der Waals surface area contributed by atoms with Crippen molar-refractivity contribution in [2.75, 3.05) is 12.0 Å². The Morgan fingerprint density at radius 2 is 2.00 bits per heavy atom. The summed E-state index contributed by atoms with van der Waals surface area (Å²) >= 11 is 6.53. The van der Waals surface area contributed by atoms with E-state index in [1.54, 1.807) is 6.08 Å². The quantitative estimate of drug-likeness (QED) is 0.337. The lowest BCUT2D eigenvalue weighted by Crippen LogP contribution is -2.28. The highest BCUT2D eigenvalue weighted by atomic mass is 32.2.